The van der Waals surface area contributed by atoms with Crippen molar-refractivity contribution in [2.24, 2.45) is 0 Å². The molecule has 0 saturated carbocycles. The van der Waals surface area contributed by atoms with Crippen molar-refractivity contribution in [3.63, 3.8) is 0 Å². The number of aromatic nitrogens is 3. The fraction of sp³-hybridized carbons (Fsp3) is 0.810. The molecule has 0 radical (unpaired) electrons. The van der Waals surface area contributed by atoms with Crippen LogP contribution in [0, 0.1) is 0 Å². The van der Waals surface area contributed by atoms with E-state index < -0.39 is 0 Å². The maximum absolute atomic E-state index is 12.0. The Labute approximate surface area is 193 Å². The summed E-state index contributed by atoms with van der Waals surface area (Å²) in [6.07, 6.45) is 6.33. The lowest BCUT2D eigenvalue weighted by molar-refractivity contribution is -0.121. The summed E-state index contributed by atoms with van der Waals surface area (Å²) in [5.74, 6) is 1.04. The molecule has 0 unspecified atom stereocenters. The first-order chi connectivity index (χ1) is 15.5. The molecule has 3 rings (SSSR count). The zero-order chi connectivity index (χ0) is 22.8. The van der Waals surface area contributed by atoms with Gasteiger partial charge in [-0.05, 0) is 33.1 Å². The number of nitrogens with zero attached hydrogens (tertiary/aromatic N) is 3. The van der Waals surface area contributed by atoms with Crippen LogP contribution in [0.1, 0.15) is 51.6 Å². The quantitative estimate of drug-likeness (QED) is 0.263. The minimum atomic E-state index is -0.0494. The average Bonchev–Trinajstić information content (AvgIpc) is 3.45. The molecular weight excluding hydrogens is 432 g/mol. The Morgan fingerprint density at radius 1 is 1.31 bits per heavy atom. The van der Waals surface area contributed by atoms with Crippen LogP contribution in [0.3, 0.4) is 0 Å². The molecule has 0 aliphatic carbocycles. The smallest absolute Gasteiger partial charge is 0.315 e. The third-order valence-electron chi connectivity index (χ3n) is 5.48. The number of hydrogen-bond acceptors (Lipinski definition) is 7. The number of carbonyl (C=O) groups excluding carboxylic acids is 2. The van der Waals surface area contributed by atoms with Crippen LogP contribution in [-0.4, -0.2) is 75.9 Å². The van der Waals surface area contributed by atoms with Gasteiger partial charge in [-0.25, -0.2) is 4.79 Å². The second kappa shape index (κ2) is 13.0. The zero-order valence-corrected chi connectivity index (χ0v) is 19.9. The molecule has 3 atom stereocenters. The predicted octanol–water partition coefficient (Wildman–Crippen LogP) is 1.45. The van der Waals surface area contributed by atoms with Crippen LogP contribution < -0.4 is 16.0 Å². The normalized spacial score (nSPS) is 22.1. The van der Waals surface area contributed by atoms with Crippen molar-refractivity contribution in [1.29, 1.82) is 0 Å². The van der Waals surface area contributed by atoms with Crippen LogP contribution in [0.5, 0.6) is 0 Å². The molecule has 1 aromatic rings. The van der Waals surface area contributed by atoms with Gasteiger partial charge in [-0.15, -0.1) is 5.10 Å². The molecule has 2 saturated heterocycles. The van der Waals surface area contributed by atoms with E-state index in [4.69, 9.17) is 9.47 Å². The Morgan fingerprint density at radius 2 is 2.19 bits per heavy atom. The molecule has 0 bridgehead atoms. The second-order valence-corrected chi connectivity index (χ2v) is 9.79. The monoisotopic (exact) mass is 468 g/mol. The summed E-state index contributed by atoms with van der Waals surface area (Å²) in [6, 6.07) is 0.453. The van der Waals surface area contributed by atoms with E-state index in [9.17, 15) is 9.59 Å². The molecule has 32 heavy (non-hydrogen) atoms. The minimum Gasteiger partial charge on any atom is -0.380 e. The molecular formula is C21H36N6O4S. The molecule has 1 aromatic heterocycles. The number of rotatable bonds is 15. The largest absolute Gasteiger partial charge is 0.380 e. The van der Waals surface area contributed by atoms with Gasteiger partial charge in [-0.2, -0.15) is 11.8 Å². The summed E-state index contributed by atoms with van der Waals surface area (Å²) in [6.45, 7) is 6.84. The molecule has 0 aromatic carbocycles. The molecule has 180 valence electrons. The van der Waals surface area contributed by atoms with Crippen LogP contribution in [0.2, 0.25) is 0 Å². The lowest BCUT2D eigenvalue weighted by atomic mass is 10.0. The highest BCUT2D eigenvalue weighted by atomic mass is 32.2. The number of amides is 3. The van der Waals surface area contributed by atoms with E-state index in [0.717, 1.165) is 43.7 Å². The Bertz CT molecular complexity index is 731. The van der Waals surface area contributed by atoms with Crippen molar-refractivity contribution >= 4 is 23.7 Å². The summed E-state index contributed by atoms with van der Waals surface area (Å²) < 4.78 is 12.9. The molecule has 2 aliphatic rings. The van der Waals surface area contributed by atoms with Gasteiger partial charge in [0, 0.05) is 37.1 Å². The highest BCUT2D eigenvalue weighted by Gasteiger charge is 2.42. The number of thioether (sulfide) groups is 1. The molecule has 3 amide bonds. The van der Waals surface area contributed by atoms with E-state index in [1.807, 2.05) is 31.8 Å². The number of unbranched alkanes of at least 4 members (excludes halogenated alkanes) is 1. The van der Waals surface area contributed by atoms with Gasteiger partial charge in [-0.3, -0.25) is 9.48 Å². The van der Waals surface area contributed by atoms with Gasteiger partial charge in [0.05, 0.1) is 37.6 Å². The Morgan fingerprint density at radius 3 is 3.03 bits per heavy atom. The number of fused-ring (bicyclic) bond motifs is 1. The standard InChI is InChI=1S/C21H36N6O4S/c1-15(2)31-13-16-12-27(26-25-16)9-5-10-30-11-8-22-19(28)7-4-3-6-18-20-17(14-32-18)23-21(29)24-20/h12,15,17-18,20H,3-11,13-14H2,1-2H3,(H,22,28)(H2,23,24,29)/t17-,18-,20-/m0/s1. The first-order valence-corrected chi connectivity index (χ1v) is 12.6. The molecule has 3 heterocycles. The number of ether oxygens (including phenoxy) is 2. The van der Waals surface area contributed by atoms with Crippen LogP contribution in [0.4, 0.5) is 4.79 Å². The molecule has 2 aliphatic heterocycles. The highest BCUT2D eigenvalue weighted by Crippen LogP contribution is 2.33. The number of urea groups is 1. The third-order valence-corrected chi connectivity index (χ3v) is 6.98. The van der Waals surface area contributed by atoms with E-state index in [0.29, 0.717) is 38.0 Å². The van der Waals surface area contributed by atoms with Crippen molar-refractivity contribution in [3.05, 3.63) is 11.9 Å². The Kier molecular flexibility index (Phi) is 10.1. The van der Waals surface area contributed by atoms with Gasteiger partial charge in [0.25, 0.3) is 0 Å². The van der Waals surface area contributed by atoms with Gasteiger partial charge < -0.3 is 25.4 Å². The maximum atomic E-state index is 12.0. The lowest BCUT2D eigenvalue weighted by Crippen LogP contribution is -2.36. The van der Waals surface area contributed by atoms with Crippen molar-refractivity contribution in [2.75, 3.05) is 25.5 Å². The molecule has 10 nitrogen and oxygen atoms in total. The number of nitrogens with one attached hydrogen (secondary N) is 3. The summed E-state index contributed by atoms with van der Waals surface area (Å²) in [5.41, 5.74) is 0.829. The number of hydrogen-bond donors (Lipinski definition) is 3. The van der Waals surface area contributed by atoms with E-state index in [2.05, 4.69) is 26.3 Å². The SMILES string of the molecule is CC(C)OCc1cn(CCCOCCNC(=O)CCCC[C@@H]2SC[C@@H]3NC(=O)N[C@@H]32)nn1. The van der Waals surface area contributed by atoms with Crippen LogP contribution in [0.15, 0.2) is 6.20 Å². The fourth-order valence-corrected chi connectivity index (χ4v) is 5.37. The van der Waals surface area contributed by atoms with Crippen molar-refractivity contribution in [2.45, 2.75) is 82.5 Å². The summed E-state index contributed by atoms with van der Waals surface area (Å²) >= 11 is 1.91. The van der Waals surface area contributed by atoms with E-state index in [1.165, 1.54) is 0 Å². The van der Waals surface area contributed by atoms with Gasteiger partial charge in [0.1, 0.15) is 5.69 Å². The molecule has 3 N–H and O–H groups in total. The lowest BCUT2D eigenvalue weighted by Gasteiger charge is -2.16. The summed E-state index contributed by atoms with van der Waals surface area (Å²) in [7, 11) is 0. The van der Waals surface area contributed by atoms with Gasteiger partial charge >= 0.3 is 6.03 Å². The molecule has 11 heteroatoms. The summed E-state index contributed by atoms with van der Waals surface area (Å²) in [5, 5.41) is 17.5. The third kappa shape index (κ3) is 8.25. The minimum absolute atomic E-state index is 0.0494. The van der Waals surface area contributed by atoms with Crippen LogP contribution in [0.25, 0.3) is 0 Å². The highest BCUT2D eigenvalue weighted by molar-refractivity contribution is 8.00. The van der Waals surface area contributed by atoms with E-state index in [-0.39, 0.29) is 30.1 Å². The van der Waals surface area contributed by atoms with E-state index in [1.54, 1.807) is 4.68 Å². The average molecular weight is 469 g/mol. The number of carbonyl (C=O) groups is 2. The molecule has 2 fully saturated rings. The van der Waals surface area contributed by atoms with Crippen molar-refractivity contribution < 1.29 is 19.1 Å². The topological polar surface area (TPSA) is 119 Å². The number of aryl methyl sites for hydroxylation is 1. The maximum Gasteiger partial charge on any atom is 0.315 e. The van der Waals surface area contributed by atoms with E-state index >= 15 is 0 Å². The van der Waals surface area contributed by atoms with Crippen molar-refractivity contribution in [3.8, 4) is 0 Å². The van der Waals surface area contributed by atoms with Gasteiger partial charge in [-0.1, -0.05) is 11.6 Å². The fourth-order valence-electron chi connectivity index (χ4n) is 3.82. The Hall–Kier alpha value is -1.85. The molecule has 0 spiro atoms. The van der Waals surface area contributed by atoms with Crippen LogP contribution >= 0.6 is 11.8 Å². The first kappa shape index (κ1) is 24.8. The first-order valence-electron chi connectivity index (χ1n) is 11.5. The van der Waals surface area contributed by atoms with Crippen LogP contribution in [-0.2, 0) is 27.4 Å². The van der Waals surface area contributed by atoms with Gasteiger partial charge in [0.15, 0.2) is 0 Å². The zero-order valence-electron chi connectivity index (χ0n) is 19.0. The second-order valence-electron chi connectivity index (χ2n) is 8.52. The van der Waals surface area contributed by atoms with Crippen molar-refractivity contribution in [1.82, 2.24) is 30.9 Å². The summed E-state index contributed by atoms with van der Waals surface area (Å²) in [4.78, 5) is 23.4. The predicted molar refractivity (Wildman–Crippen MR) is 122 cm³/mol. The Balaban J connectivity index is 1.13. The van der Waals surface area contributed by atoms with Gasteiger partial charge in [0.2, 0.25) is 5.91 Å².